The monoisotopic (exact) mass is 385 g/mol. The number of rotatable bonds is 3. The Kier molecular flexibility index (Phi) is 4.69. The summed E-state index contributed by atoms with van der Waals surface area (Å²) in [5.41, 5.74) is 1.72. The van der Waals surface area contributed by atoms with Crippen LogP contribution in [-0.2, 0) is 0 Å². The molecule has 26 heavy (non-hydrogen) atoms. The Bertz CT molecular complexity index is 896. The Morgan fingerprint density at radius 2 is 1.88 bits per heavy atom. The third-order valence-corrected chi connectivity index (χ3v) is 6.58. The van der Waals surface area contributed by atoms with Gasteiger partial charge in [-0.15, -0.1) is 27.8 Å². The molecule has 4 heterocycles. The molecule has 3 aromatic rings. The second kappa shape index (κ2) is 7.13. The number of nitrogens with zero attached hydrogens (tertiary/aromatic N) is 5. The van der Waals surface area contributed by atoms with E-state index in [0.29, 0.717) is 13.1 Å². The Morgan fingerprint density at radius 3 is 2.54 bits per heavy atom. The average Bonchev–Trinajstić information content (AvgIpc) is 3.31. The van der Waals surface area contributed by atoms with Crippen molar-refractivity contribution in [3.63, 3.8) is 0 Å². The number of carbonyl (C=O) groups is 1. The number of piperazine rings is 1. The summed E-state index contributed by atoms with van der Waals surface area (Å²) in [4.78, 5) is 23.5. The molecule has 0 saturated carbocycles. The number of hydrogen-bond acceptors (Lipinski definition) is 7. The van der Waals surface area contributed by atoms with Crippen molar-refractivity contribution in [2.45, 2.75) is 13.8 Å². The maximum atomic E-state index is 12.9. The van der Waals surface area contributed by atoms with Gasteiger partial charge in [0, 0.05) is 26.2 Å². The van der Waals surface area contributed by atoms with E-state index in [1.165, 1.54) is 11.3 Å². The molecule has 0 radical (unpaired) electrons. The van der Waals surface area contributed by atoms with Crippen LogP contribution in [0.3, 0.4) is 0 Å². The summed E-state index contributed by atoms with van der Waals surface area (Å²) in [6.07, 6.45) is 0. The maximum absolute atomic E-state index is 12.9. The molecule has 0 bridgehead atoms. The molecule has 3 aromatic heterocycles. The van der Waals surface area contributed by atoms with Crippen LogP contribution >= 0.6 is 22.7 Å². The molecule has 1 amide bonds. The molecular formula is C18H19N5OS2. The van der Waals surface area contributed by atoms with Crippen molar-refractivity contribution in [3.8, 4) is 9.88 Å². The van der Waals surface area contributed by atoms with Crippen LogP contribution in [-0.4, -0.2) is 52.2 Å². The minimum absolute atomic E-state index is 0.0810. The minimum Gasteiger partial charge on any atom is -0.352 e. The van der Waals surface area contributed by atoms with E-state index in [-0.39, 0.29) is 5.91 Å². The Labute approximate surface area is 160 Å². The second-order valence-corrected chi connectivity index (χ2v) is 8.17. The Morgan fingerprint density at radius 1 is 1.08 bits per heavy atom. The van der Waals surface area contributed by atoms with E-state index in [1.807, 2.05) is 48.4 Å². The van der Waals surface area contributed by atoms with Crippen molar-refractivity contribution >= 4 is 34.4 Å². The lowest BCUT2D eigenvalue weighted by Gasteiger charge is -2.35. The van der Waals surface area contributed by atoms with Gasteiger partial charge in [-0.1, -0.05) is 6.07 Å². The Balaban J connectivity index is 1.44. The van der Waals surface area contributed by atoms with Gasteiger partial charge < -0.3 is 9.80 Å². The molecule has 0 aromatic carbocycles. The predicted molar refractivity (Wildman–Crippen MR) is 105 cm³/mol. The molecule has 6 nitrogen and oxygen atoms in total. The molecule has 0 unspecified atom stereocenters. The van der Waals surface area contributed by atoms with Crippen LogP contribution in [0.25, 0.3) is 9.88 Å². The van der Waals surface area contributed by atoms with Crippen LogP contribution in [0.5, 0.6) is 0 Å². The van der Waals surface area contributed by atoms with Gasteiger partial charge in [-0.05, 0) is 37.4 Å². The zero-order valence-corrected chi connectivity index (χ0v) is 16.3. The van der Waals surface area contributed by atoms with E-state index >= 15 is 0 Å². The summed E-state index contributed by atoms with van der Waals surface area (Å²) in [5.74, 6) is 0.953. The molecule has 8 heteroatoms. The summed E-state index contributed by atoms with van der Waals surface area (Å²) >= 11 is 3.14. The molecule has 0 aliphatic carbocycles. The number of thiophene rings is 1. The summed E-state index contributed by atoms with van der Waals surface area (Å²) in [7, 11) is 0. The fraction of sp³-hybridized carbons (Fsp3) is 0.333. The van der Waals surface area contributed by atoms with Crippen molar-refractivity contribution < 1.29 is 4.79 Å². The van der Waals surface area contributed by atoms with Gasteiger partial charge in [0.05, 0.1) is 16.3 Å². The van der Waals surface area contributed by atoms with Crippen LogP contribution in [0.15, 0.2) is 29.6 Å². The van der Waals surface area contributed by atoms with Crippen molar-refractivity contribution in [1.29, 1.82) is 0 Å². The maximum Gasteiger partial charge on any atom is 0.265 e. The summed E-state index contributed by atoms with van der Waals surface area (Å²) in [6, 6.07) is 8.00. The van der Waals surface area contributed by atoms with E-state index in [0.717, 1.165) is 45.1 Å². The number of amides is 1. The highest BCUT2D eigenvalue weighted by Crippen LogP contribution is 2.32. The van der Waals surface area contributed by atoms with Crippen LogP contribution in [0, 0.1) is 13.8 Å². The Hall–Kier alpha value is -2.32. The quantitative estimate of drug-likeness (QED) is 0.693. The summed E-state index contributed by atoms with van der Waals surface area (Å²) < 4.78 is 0. The smallest absolute Gasteiger partial charge is 0.265 e. The zero-order chi connectivity index (χ0) is 18.1. The lowest BCUT2D eigenvalue weighted by atomic mass is 10.2. The number of thiazole rings is 1. The first kappa shape index (κ1) is 17.1. The van der Waals surface area contributed by atoms with Gasteiger partial charge >= 0.3 is 0 Å². The lowest BCUT2D eigenvalue weighted by Crippen LogP contribution is -2.49. The molecule has 1 saturated heterocycles. The van der Waals surface area contributed by atoms with Gasteiger partial charge in [-0.2, -0.15) is 5.10 Å². The average molecular weight is 386 g/mol. The lowest BCUT2D eigenvalue weighted by molar-refractivity contribution is 0.0750. The molecule has 134 valence electrons. The highest BCUT2D eigenvalue weighted by Gasteiger charge is 2.26. The molecule has 0 atom stereocenters. The van der Waals surface area contributed by atoms with Gasteiger partial charge in [0.2, 0.25) is 0 Å². The van der Waals surface area contributed by atoms with E-state index in [2.05, 4.69) is 20.1 Å². The standard InChI is InChI=1S/C18H19N5OS2/c1-12-5-6-15(21-20-12)22-7-9-23(10-8-22)18(24)16-13(2)19-17(26-16)14-4-3-11-25-14/h3-6,11H,7-10H2,1-2H3. The number of aromatic nitrogens is 3. The molecule has 0 spiro atoms. The van der Waals surface area contributed by atoms with Crippen molar-refractivity contribution in [2.24, 2.45) is 0 Å². The second-order valence-electron chi connectivity index (χ2n) is 6.22. The van der Waals surface area contributed by atoms with Gasteiger partial charge in [0.1, 0.15) is 9.88 Å². The first-order chi connectivity index (χ1) is 12.6. The van der Waals surface area contributed by atoms with E-state index in [4.69, 9.17) is 0 Å². The number of anilines is 1. The predicted octanol–water partition coefficient (Wildman–Crippen LogP) is 3.24. The fourth-order valence-electron chi connectivity index (χ4n) is 2.94. The molecule has 1 aliphatic heterocycles. The number of aryl methyl sites for hydroxylation is 2. The van der Waals surface area contributed by atoms with Gasteiger partial charge in [-0.25, -0.2) is 4.98 Å². The minimum atomic E-state index is 0.0810. The van der Waals surface area contributed by atoms with E-state index in [1.54, 1.807) is 11.3 Å². The first-order valence-electron chi connectivity index (χ1n) is 8.47. The highest BCUT2D eigenvalue weighted by atomic mass is 32.1. The van der Waals surface area contributed by atoms with Gasteiger partial charge in [0.25, 0.3) is 5.91 Å². The van der Waals surface area contributed by atoms with Crippen LogP contribution < -0.4 is 4.90 Å². The number of carbonyl (C=O) groups excluding carboxylic acids is 1. The third-order valence-electron chi connectivity index (χ3n) is 4.40. The largest absolute Gasteiger partial charge is 0.352 e. The molecule has 1 aliphatic rings. The van der Waals surface area contributed by atoms with E-state index < -0.39 is 0 Å². The van der Waals surface area contributed by atoms with Crippen LogP contribution in [0.1, 0.15) is 21.1 Å². The van der Waals surface area contributed by atoms with Gasteiger partial charge in [0.15, 0.2) is 5.82 Å². The third kappa shape index (κ3) is 3.34. The van der Waals surface area contributed by atoms with Crippen LogP contribution in [0.4, 0.5) is 5.82 Å². The van der Waals surface area contributed by atoms with Crippen molar-refractivity contribution in [3.05, 3.63) is 45.9 Å². The first-order valence-corrected chi connectivity index (χ1v) is 10.2. The van der Waals surface area contributed by atoms with Crippen molar-refractivity contribution in [2.75, 3.05) is 31.1 Å². The zero-order valence-electron chi connectivity index (χ0n) is 14.7. The van der Waals surface area contributed by atoms with E-state index in [9.17, 15) is 4.79 Å². The molecular weight excluding hydrogens is 366 g/mol. The fourth-order valence-corrected chi connectivity index (χ4v) is 4.77. The number of hydrogen-bond donors (Lipinski definition) is 0. The summed E-state index contributed by atoms with van der Waals surface area (Å²) in [6.45, 7) is 6.73. The topological polar surface area (TPSA) is 62.2 Å². The highest BCUT2D eigenvalue weighted by molar-refractivity contribution is 7.22. The summed E-state index contributed by atoms with van der Waals surface area (Å²) in [5, 5.41) is 11.3. The van der Waals surface area contributed by atoms with Crippen molar-refractivity contribution in [1.82, 2.24) is 20.1 Å². The normalized spacial score (nSPS) is 14.7. The van der Waals surface area contributed by atoms with Crippen LogP contribution in [0.2, 0.25) is 0 Å². The van der Waals surface area contributed by atoms with Gasteiger partial charge in [-0.3, -0.25) is 4.79 Å². The molecule has 4 rings (SSSR count). The molecule has 1 fully saturated rings. The SMILES string of the molecule is Cc1ccc(N2CCN(C(=O)c3sc(-c4cccs4)nc3C)CC2)nn1. The molecule has 0 N–H and O–H groups in total.